The van der Waals surface area contributed by atoms with Gasteiger partial charge in [0.15, 0.2) is 0 Å². The Labute approximate surface area is 128 Å². The van der Waals surface area contributed by atoms with E-state index in [4.69, 9.17) is 4.74 Å². The van der Waals surface area contributed by atoms with Gasteiger partial charge in [0.2, 0.25) is 0 Å². The highest BCUT2D eigenvalue weighted by Gasteiger charge is 2.33. The van der Waals surface area contributed by atoms with Crippen molar-refractivity contribution in [1.29, 1.82) is 0 Å². The molecular formula is C19H16O3. The first-order valence-corrected chi connectivity index (χ1v) is 7.27. The maximum Gasteiger partial charge on any atom is 0.118 e. The van der Waals surface area contributed by atoms with Gasteiger partial charge in [-0.15, -0.1) is 0 Å². The van der Waals surface area contributed by atoms with Crippen molar-refractivity contribution in [2.75, 3.05) is 7.11 Å². The molecular weight excluding hydrogens is 276 g/mol. The maximum atomic E-state index is 10.5. The first kappa shape index (κ1) is 13.3. The zero-order valence-corrected chi connectivity index (χ0v) is 12.2. The number of hydrogen-bond acceptors (Lipinski definition) is 3. The van der Waals surface area contributed by atoms with Gasteiger partial charge in [0.25, 0.3) is 0 Å². The van der Waals surface area contributed by atoms with Crippen LogP contribution in [-0.2, 0) is 0 Å². The molecule has 1 aliphatic rings. The topological polar surface area (TPSA) is 49.7 Å². The molecule has 1 aliphatic carbocycles. The van der Waals surface area contributed by atoms with E-state index in [1.807, 2.05) is 54.6 Å². The van der Waals surface area contributed by atoms with Crippen LogP contribution in [0.5, 0.6) is 5.75 Å². The molecule has 3 aromatic rings. The second-order valence-electron chi connectivity index (χ2n) is 5.59. The summed E-state index contributed by atoms with van der Waals surface area (Å²) in [5.74, 6) is 0.794. The van der Waals surface area contributed by atoms with Gasteiger partial charge in [0.05, 0.1) is 7.11 Å². The van der Waals surface area contributed by atoms with Gasteiger partial charge < -0.3 is 14.9 Å². The van der Waals surface area contributed by atoms with E-state index in [0.717, 1.165) is 38.8 Å². The Morgan fingerprint density at radius 3 is 2.36 bits per heavy atom. The van der Waals surface area contributed by atoms with E-state index in [1.165, 1.54) is 0 Å². The Hall–Kier alpha value is -2.36. The lowest BCUT2D eigenvalue weighted by Gasteiger charge is -2.14. The van der Waals surface area contributed by atoms with Crippen molar-refractivity contribution in [3.63, 3.8) is 0 Å². The van der Waals surface area contributed by atoms with E-state index in [0.29, 0.717) is 0 Å². The number of ether oxygens (including phenoxy) is 1. The van der Waals surface area contributed by atoms with Crippen LogP contribution < -0.4 is 4.74 Å². The molecule has 0 aliphatic heterocycles. The fraction of sp³-hybridized carbons (Fsp3) is 0.158. The summed E-state index contributed by atoms with van der Waals surface area (Å²) in [6, 6.07) is 17.6. The van der Waals surface area contributed by atoms with Gasteiger partial charge in [-0.05, 0) is 45.2 Å². The number of aliphatic hydroxyl groups excluding tert-OH is 2. The monoisotopic (exact) mass is 292 g/mol. The van der Waals surface area contributed by atoms with Crippen LogP contribution in [0.1, 0.15) is 23.3 Å². The lowest BCUT2D eigenvalue weighted by atomic mass is 9.94. The minimum Gasteiger partial charge on any atom is -0.497 e. The molecule has 0 radical (unpaired) electrons. The standard InChI is InChI=1S/C19H16O3/c1-22-13-8-5-11(6-9-13)14-10-7-12-3-2-4-15-16(12)17(14)19(21)18(15)20/h2-10,18-21H,1H3. The SMILES string of the molecule is COc1ccc(-c2ccc3cccc4c3c2C(O)C4O)cc1. The number of hydrogen-bond donors (Lipinski definition) is 2. The van der Waals surface area contributed by atoms with E-state index in [2.05, 4.69) is 0 Å². The highest BCUT2D eigenvalue weighted by atomic mass is 16.5. The highest BCUT2D eigenvalue weighted by Crippen LogP contribution is 2.48. The van der Waals surface area contributed by atoms with Crippen molar-refractivity contribution in [3.05, 3.63) is 65.7 Å². The van der Waals surface area contributed by atoms with Crippen LogP contribution in [0.3, 0.4) is 0 Å². The number of aliphatic hydroxyl groups is 2. The molecule has 0 bridgehead atoms. The van der Waals surface area contributed by atoms with E-state index in [9.17, 15) is 10.2 Å². The lowest BCUT2D eigenvalue weighted by Crippen LogP contribution is -2.03. The Balaban J connectivity index is 1.98. The molecule has 22 heavy (non-hydrogen) atoms. The summed E-state index contributed by atoms with van der Waals surface area (Å²) in [5.41, 5.74) is 3.56. The van der Waals surface area contributed by atoms with Crippen LogP contribution >= 0.6 is 0 Å². The average Bonchev–Trinajstić information content (AvgIpc) is 2.83. The van der Waals surface area contributed by atoms with Crippen molar-refractivity contribution >= 4 is 10.8 Å². The molecule has 2 N–H and O–H groups in total. The predicted molar refractivity (Wildman–Crippen MR) is 85.9 cm³/mol. The normalized spacial score (nSPS) is 19.6. The van der Waals surface area contributed by atoms with Crippen molar-refractivity contribution < 1.29 is 14.9 Å². The molecule has 0 saturated heterocycles. The van der Waals surface area contributed by atoms with Gasteiger partial charge in [-0.25, -0.2) is 0 Å². The summed E-state index contributed by atoms with van der Waals surface area (Å²) in [4.78, 5) is 0. The third kappa shape index (κ3) is 1.76. The Morgan fingerprint density at radius 2 is 1.64 bits per heavy atom. The summed E-state index contributed by atoms with van der Waals surface area (Å²) in [6.45, 7) is 0. The molecule has 3 nitrogen and oxygen atoms in total. The molecule has 110 valence electrons. The third-order valence-corrected chi connectivity index (χ3v) is 4.43. The van der Waals surface area contributed by atoms with Crippen molar-refractivity contribution in [2.45, 2.75) is 12.2 Å². The van der Waals surface area contributed by atoms with Crippen LogP contribution in [-0.4, -0.2) is 17.3 Å². The molecule has 4 rings (SSSR count). The molecule has 3 aromatic carbocycles. The van der Waals surface area contributed by atoms with Crippen LogP contribution in [0, 0.1) is 0 Å². The number of methoxy groups -OCH3 is 1. The molecule has 0 amide bonds. The smallest absolute Gasteiger partial charge is 0.118 e. The molecule has 0 heterocycles. The van der Waals surface area contributed by atoms with Gasteiger partial charge in [-0.2, -0.15) is 0 Å². The minimum absolute atomic E-state index is 0.794. The predicted octanol–water partition coefficient (Wildman–Crippen LogP) is 3.60. The highest BCUT2D eigenvalue weighted by molar-refractivity contribution is 5.97. The van der Waals surface area contributed by atoms with E-state index in [1.54, 1.807) is 7.11 Å². The number of rotatable bonds is 2. The average molecular weight is 292 g/mol. The van der Waals surface area contributed by atoms with E-state index < -0.39 is 12.2 Å². The van der Waals surface area contributed by atoms with E-state index in [-0.39, 0.29) is 0 Å². The van der Waals surface area contributed by atoms with Crippen molar-refractivity contribution in [1.82, 2.24) is 0 Å². The second-order valence-corrected chi connectivity index (χ2v) is 5.59. The summed E-state index contributed by atoms with van der Waals surface area (Å²) < 4.78 is 5.19. The molecule has 3 heteroatoms. The van der Waals surface area contributed by atoms with Gasteiger partial charge >= 0.3 is 0 Å². The molecule has 0 spiro atoms. The number of benzene rings is 3. The summed E-state index contributed by atoms with van der Waals surface area (Å²) >= 11 is 0. The molecule has 0 aromatic heterocycles. The van der Waals surface area contributed by atoms with Gasteiger partial charge in [0, 0.05) is 0 Å². The first-order valence-electron chi connectivity index (χ1n) is 7.27. The summed E-state index contributed by atoms with van der Waals surface area (Å²) in [5, 5.41) is 22.8. The van der Waals surface area contributed by atoms with Crippen molar-refractivity contribution in [2.24, 2.45) is 0 Å². The quantitative estimate of drug-likeness (QED) is 0.759. The van der Waals surface area contributed by atoms with Crippen LogP contribution in [0.2, 0.25) is 0 Å². The minimum atomic E-state index is -0.891. The van der Waals surface area contributed by atoms with Gasteiger partial charge in [0.1, 0.15) is 18.0 Å². The second kappa shape index (κ2) is 4.83. The fourth-order valence-corrected chi connectivity index (χ4v) is 3.34. The maximum absolute atomic E-state index is 10.5. The molecule has 0 saturated carbocycles. The summed E-state index contributed by atoms with van der Waals surface area (Å²) in [6.07, 6.45) is -1.75. The summed E-state index contributed by atoms with van der Waals surface area (Å²) in [7, 11) is 1.64. The zero-order valence-electron chi connectivity index (χ0n) is 12.2. The zero-order chi connectivity index (χ0) is 15.3. The van der Waals surface area contributed by atoms with Crippen molar-refractivity contribution in [3.8, 4) is 16.9 Å². The molecule has 0 fully saturated rings. The van der Waals surface area contributed by atoms with Gasteiger partial charge in [-0.1, -0.05) is 42.5 Å². The van der Waals surface area contributed by atoms with Crippen LogP contribution in [0.15, 0.2) is 54.6 Å². The molecule has 2 atom stereocenters. The van der Waals surface area contributed by atoms with Gasteiger partial charge in [-0.3, -0.25) is 0 Å². The Kier molecular flexibility index (Phi) is 2.93. The third-order valence-electron chi connectivity index (χ3n) is 4.43. The van der Waals surface area contributed by atoms with Crippen LogP contribution in [0.25, 0.3) is 21.9 Å². The first-order chi connectivity index (χ1) is 10.7. The Bertz CT molecular complexity index is 852. The lowest BCUT2D eigenvalue weighted by molar-refractivity contribution is 0.0256. The van der Waals surface area contributed by atoms with E-state index >= 15 is 0 Å². The molecule has 2 unspecified atom stereocenters. The van der Waals surface area contributed by atoms with Crippen LogP contribution in [0.4, 0.5) is 0 Å². The fourth-order valence-electron chi connectivity index (χ4n) is 3.34. The largest absolute Gasteiger partial charge is 0.497 e. The Morgan fingerprint density at radius 1 is 0.864 bits per heavy atom.